The maximum absolute atomic E-state index is 5.91. The molecule has 2 nitrogen and oxygen atoms in total. The number of rotatable bonds is 5. The standard InChI is InChI=1S/C12H20O2Si/c1-5-12(14-15(2,3)4)13-11-9-7-6-8-10-11/h6-10,12H,5H2,1-4H3. The Morgan fingerprint density at radius 1 is 1.13 bits per heavy atom. The Labute approximate surface area is 93.4 Å². The van der Waals surface area contributed by atoms with E-state index in [1.165, 1.54) is 0 Å². The van der Waals surface area contributed by atoms with Crippen LogP contribution in [-0.4, -0.2) is 14.6 Å². The van der Waals surface area contributed by atoms with Gasteiger partial charge in [-0.2, -0.15) is 0 Å². The first kappa shape index (κ1) is 12.3. The monoisotopic (exact) mass is 224 g/mol. The maximum Gasteiger partial charge on any atom is 0.190 e. The molecule has 0 aromatic heterocycles. The van der Waals surface area contributed by atoms with E-state index in [1.54, 1.807) is 0 Å². The predicted octanol–water partition coefficient (Wildman–Crippen LogP) is 3.65. The van der Waals surface area contributed by atoms with Gasteiger partial charge in [-0.1, -0.05) is 25.1 Å². The molecule has 0 heterocycles. The molecule has 0 saturated heterocycles. The first-order chi connectivity index (χ1) is 7.01. The van der Waals surface area contributed by atoms with Gasteiger partial charge in [0.2, 0.25) is 0 Å². The minimum atomic E-state index is -1.52. The molecule has 1 unspecified atom stereocenters. The topological polar surface area (TPSA) is 18.5 Å². The van der Waals surface area contributed by atoms with Gasteiger partial charge in [-0.25, -0.2) is 0 Å². The van der Waals surface area contributed by atoms with Crippen molar-refractivity contribution in [3.63, 3.8) is 0 Å². The molecule has 1 atom stereocenters. The van der Waals surface area contributed by atoms with Gasteiger partial charge in [0.1, 0.15) is 5.75 Å². The van der Waals surface area contributed by atoms with Crippen LogP contribution >= 0.6 is 0 Å². The van der Waals surface area contributed by atoms with Crippen molar-refractivity contribution in [3.8, 4) is 5.75 Å². The van der Waals surface area contributed by atoms with E-state index < -0.39 is 8.32 Å². The number of benzene rings is 1. The number of hydrogen-bond donors (Lipinski definition) is 0. The van der Waals surface area contributed by atoms with Crippen molar-refractivity contribution in [1.29, 1.82) is 0 Å². The fraction of sp³-hybridized carbons (Fsp3) is 0.500. The molecule has 0 aliphatic heterocycles. The van der Waals surface area contributed by atoms with Gasteiger partial charge < -0.3 is 9.16 Å². The van der Waals surface area contributed by atoms with Crippen LogP contribution in [0, 0.1) is 0 Å². The summed E-state index contributed by atoms with van der Waals surface area (Å²) in [5, 5.41) is 0. The van der Waals surface area contributed by atoms with Crippen LogP contribution < -0.4 is 4.74 Å². The quantitative estimate of drug-likeness (QED) is 0.561. The van der Waals surface area contributed by atoms with Crippen LogP contribution in [0.15, 0.2) is 30.3 Å². The lowest BCUT2D eigenvalue weighted by Crippen LogP contribution is -2.34. The molecule has 0 bridgehead atoms. The largest absolute Gasteiger partial charge is 0.466 e. The molecule has 1 rings (SSSR count). The average Bonchev–Trinajstić information content (AvgIpc) is 2.16. The maximum atomic E-state index is 5.91. The van der Waals surface area contributed by atoms with E-state index in [4.69, 9.17) is 9.16 Å². The Bertz CT molecular complexity index is 279. The van der Waals surface area contributed by atoms with Crippen molar-refractivity contribution in [3.05, 3.63) is 30.3 Å². The van der Waals surface area contributed by atoms with Crippen LogP contribution in [0.2, 0.25) is 19.6 Å². The lowest BCUT2D eigenvalue weighted by molar-refractivity contribution is -0.00318. The minimum absolute atomic E-state index is 0.112. The number of ether oxygens (including phenoxy) is 1. The van der Waals surface area contributed by atoms with Gasteiger partial charge in [-0.05, 0) is 31.8 Å². The van der Waals surface area contributed by atoms with Crippen LogP contribution in [0.4, 0.5) is 0 Å². The highest BCUT2D eigenvalue weighted by molar-refractivity contribution is 6.69. The zero-order valence-corrected chi connectivity index (χ0v) is 11.0. The highest BCUT2D eigenvalue weighted by Gasteiger charge is 2.20. The van der Waals surface area contributed by atoms with E-state index >= 15 is 0 Å². The van der Waals surface area contributed by atoms with Gasteiger partial charge in [0.15, 0.2) is 14.6 Å². The van der Waals surface area contributed by atoms with Crippen LogP contribution in [0.5, 0.6) is 5.75 Å². The molecule has 0 radical (unpaired) electrons. The zero-order valence-electron chi connectivity index (χ0n) is 9.99. The highest BCUT2D eigenvalue weighted by Crippen LogP contribution is 2.16. The highest BCUT2D eigenvalue weighted by atomic mass is 28.4. The van der Waals surface area contributed by atoms with Gasteiger partial charge in [0.25, 0.3) is 0 Å². The van der Waals surface area contributed by atoms with Gasteiger partial charge in [-0.15, -0.1) is 0 Å². The summed E-state index contributed by atoms with van der Waals surface area (Å²) < 4.78 is 11.7. The third kappa shape index (κ3) is 5.00. The Kier molecular flexibility index (Phi) is 4.36. The predicted molar refractivity (Wildman–Crippen MR) is 65.6 cm³/mol. The van der Waals surface area contributed by atoms with E-state index in [2.05, 4.69) is 26.6 Å². The van der Waals surface area contributed by atoms with Crippen molar-refractivity contribution >= 4 is 8.32 Å². The summed E-state index contributed by atoms with van der Waals surface area (Å²) in [5.41, 5.74) is 0. The summed E-state index contributed by atoms with van der Waals surface area (Å²) in [5.74, 6) is 0.877. The molecule has 0 saturated carbocycles. The second kappa shape index (κ2) is 5.33. The van der Waals surface area contributed by atoms with Gasteiger partial charge in [0.05, 0.1) is 0 Å². The minimum Gasteiger partial charge on any atom is -0.466 e. The second-order valence-corrected chi connectivity index (χ2v) is 8.96. The summed E-state index contributed by atoms with van der Waals surface area (Å²) in [6.07, 6.45) is 0.762. The first-order valence-corrected chi connectivity index (χ1v) is 8.81. The van der Waals surface area contributed by atoms with Crippen LogP contribution in [0.3, 0.4) is 0 Å². The average molecular weight is 224 g/mol. The van der Waals surface area contributed by atoms with E-state index in [-0.39, 0.29) is 6.29 Å². The molecule has 1 aromatic carbocycles. The molecule has 3 heteroatoms. The fourth-order valence-electron chi connectivity index (χ4n) is 1.24. The Morgan fingerprint density at radius 2 is 1.73 bits per heavy atom. The SMILES string of the molecule is CCC(Oc1ccccc1)O[Si](C)(C)C. The fourth-order valence-corrected chi connectivity index (χ4v) is 2.24. The van der Waals surface area contributed by atoms with E-state index in [0.29, 0.717) is 0 Å². The smallest absolute Gasteiger partial charge is 0.190 e. The molecule has 15 heavy (non-hydrogen) atoms. The van der Waals surface area contributed by atoms with E-state index in [1.807, 2.05) is 30.3 Å². The summed E-state index contributed by atoms with van der Waals surface area (Å²) in [4.78, 5) is 0. The molecule has 1 aromatic rings. The van der Waals surface area contributed by atoms with Crippen molar-refractivity contribution in [2.45, 2.75) is 39.3 Å². The summed E-state index contributed by atoms with van der Waals surface area (Å²) >= 11 is 0. The Balaban J connectivity index is 2.55. The molecule has 0 spiro atoms. The summed E-state index contributed by atoms with van der Waals surface area (Å²) in [6.45, 7) is 8.59. The van der Waals surface area contributed by atoms with Crippen LogP contribution in [0.25, 0.3) is 0 Å². The van der Waals surface area contributed by atoms with Crippen molar-refractivity contribution in [2.75, 3.05) is 0 Å². The van der Waals surface area contributed by atoms with Gasteiger partial charge in [0, 0.05) is 6.42 Å². The summed E-state index contributed by atoms with van der Waals surface area (Å²) in [7, 11) is -1.52. The van der Waals surface area contributed by atoms with Crippen LogP contribution in [-0.2, 0) is 4.43 Å². The van der Waals surface area contributed by atoms with E-state index in [9.17, 15) is 0 Å². The molecule has 0 N–H and O–H groups in total. The number of hydrogen-bond acceptors (Lipinski definition) is 2. The molecule has 84 valence electrons. The van der Waals surface area contributed by atoms with Gasteiger partial charge >= 0.3 is 0 Å². The van der Waals surface area contributed by atoms with Gasteiger partial charge in [-0.3, -0.25) is 0 Å². The summed E-state index contributed by atoms with van der Waals surface area (Å²) in [6, 6.07) is 9.83. The lowest BCUT2D eigenvalue weighted by Gasteiger charge is -2.26. The molecular weight excluding hydrogens is 204 g/mol. The third-order valence-electron chi connectivity index (χ3n) is 1.83. The second-order valence-electron chi connectivity index (χ2n) is 4.50. The van der Waals surface area contributed by atoms with Crippen molar-refractivity contribution in [1.82, 2.24) is 0 Å². The normalized spacial score (nSPS) is 13.6. The molecule has 0 amide bonds. The Morgan fingerprint density at radius 3 is 2.20 bits per heavy atom. The molecule has 0 fully saturated rings. The van der Waals surface area contributed by atoms with E-state index in [0.717, 1.165) is 12.2 Å². The number of para-hydroxylation sites is 1. The molecule has 0 aliphatic rings. The molecule has 0 aliphatic carbocycles. The Hall–Kier alpha value is -0.803. The lowest BCUT2D eigenvalue weighted by atomic mass is 10.3. The van der Waals surface area contributed by atoms with Crippen molar-refractivity contribution in [2.24, 2.45) is 0 Å². The first-order valence-electron chi connectivity index (χ1n) is 5.41. The molecular formula is C12H20O2Si. The third-order valence-corrected chi connectivity index (χ3v) is 2.80. The zero-order chi connectivity index (χ0) is 11.3. The van der Waals surface area contributed by atoms with Crippen molar-refractivity contribution < 1.29 is 9.16 Å². The van der Waals surface area contributed by atoms with Crippen LogP contribution in [0.1, 0.15) is 13.3 Å².